The number of halogens is 3. The first-order valence-corrected chi connectivity index (χ1v) is 6.83. The minimum Gasteiger partial charge on any atom is -0.210 e. The third-order valence-corrected chi connectivity index (χ3v) is 3.72. The lowest BCUT2D eigenvalue weighted by molar-refractivity contribution is -0.139. The number of benzene rings is 1. The molecule has 0 heterocycles. The van der Waals surface area contributed by atoms with Gasteiger partial charge in [-0.15, -0.1) is 11.8 Å². The van der Waals surface area contributed by atoms with Crippen molar-refractivity contribution in [3.8, 4) is 11.8 Å². The number of hydrogen-bond donors (Lipinski definition) is 1. The van der Waals surface area contributed by atoms with E-state index >= 15 is 0 Å². The van der Waals surface area contributed by atoms with Crippen LogP contribution in [-0.2, 0) is 16.2 Å². The Morgan fingerprint density at radius 2 is 1.89 bits per heavy atom. The summed E-state index contributed by atoms with van der Waals surface area (Å²) in [4.78, 5) is -0.771. The Morgan fingerprint density at radius 1 is 1.26 bits per heavy atom. The average molecular weight is 291 g/mol. The fourth-order valence-corrected chi connectivity index (χ4v) is 2.64. The van der Waals surface area contributed by atoms with Crippen molar-refractivity contribution in [2.45, 2.75) is 24.4 Å². The Bertz CT molecular complexity index is 597. The van der Waals surface area contributed by atoms with Gasteiger partial charge in [-0.25, -0.2) is 13.1 Å². The van der Waals surface area contributed by atoms with Gasteiger partial charge in [0.05, 0.1) is 10.5 Å². The summed E-state index contributed by atoms with van der Waals surface area (Å²) < 4.78 is 63.8. The predicted octanol–water partition coefficient (Wildman–Crippen LogP) is 2.40. The van der Waals surface area contributed by atoms with Crippen molar-refractivity contribution in [2.24, 2.45) is 0 Å². The first kappa shape index (κ1) is 15.5. The molecule has 104 valence electrons. The van der Waals surface area contributed by atoms with Crippen LogP contribution in [0.2, 0.25) is 0 Å². The fraction of sp³-hybridized carbons (Fsp3) is 0.333. The van der Waals surface area contributed by atoms with Gasteiger partial charge in [0.2, 0.25) is 10.0 Å². The van der Waals surface area contributed by atoms with Crippen molar-refractivity contribution < 1.29 is 21.6 Å². The zero-order valence-electron chi connectivity index (χ0n) is 10.1. The first-order valence-electron chi connectivity index (χ1n) is 5.34. The van der Waals surface area contributed by atoms with Crippen molar-refractivity contribution in [1.82, 2.24) is 4.72 Å². The highest BCUT2D eigenvalue weighted by Gasteiger charge is 2.36. The van der Waals surface area contributed by atoms with Crippen molar-refractivity contribution >= 4 is 10.0 Å². The molecular weight excluding hydrogens is 279 g/mol. The molecule has 0 saturated heterocycles. The zero-order valence-corrected chi connectivity index (χ0v) is 10.9. The molecular formula is C12H12F3NO2S. The third kappa shape index (κ3) is 4.26. The quantitative estimate of drug-likeness (QED) is 0.684. The maximum absolute atomic E-state index is 12.7. The van der Waals surface area contributed by atoms with E-state index in [1.807, 2.05) is 0 Å². The van der Waals surface area contributed by atoms with Gasteiger partial charge in [0.15, 0.2) is 0 Å². The van der Waals surface area contributed by atoms with E-state index in [1.165, 1.54) is 6.07 Å². The van der Waals surface area contributed by atoms with Crippen molar-refractivity contribution in [1.29, 1.82) is 0 Å². The standard InChI is InChI=1S/C12H12F3NO2S/c1-2-3-6-9-16-19(17,18)11-8-5-4-7-10(11)12(13,14)15/h4-5,7-8,16H,6,9H2,1H3. The Kier molecular flexibility index (Phi) is 4.97. The SMILES string of the molecule is CC#CCCNS(=O)(=O)c1ccccc1C(F)(F)F. The molecule has 7 heteroatoms. The molecule has 0 atom stereocenters. The fourth-order valence-electron chi connectivity index (χ4n) is 1.39. The summed E-state index contributed by atoms with van der Waals surface area (Å²) in [5.74, 6) is 5.18. The van der Waals surface area contributed by atoms with Gasteiger partial charge in [-0.1, -0.05) is 12.1 Å². The molecule has 0 bridgehead atoms. The summed E-state index contributed by atoms with van der Waals surface area (Å²) in [6, 6.07) is 4.05. The Balaban J connectivity index is 3.04. The summed E-state index contributed by atoms with van der Waals surface area (Å²) in [5, 5.41) is 0. The smallest absolute Gasteiger partial charge is 0.210 e. The summed E-state index contributed by atoms with van der Waals surface area (Å²) in [5.41, 5.74) is -1.18. The van der Waals surface area contributed by atoms with Crippen LogP contribution in [0.3, 0.4) is 0 Å². The maximum Gasteiger partial charge on any atom is 0.417 e. The minimum absolute atomic E-state index is 0.0324. The Hall–Kier alpha value is -1.52. The second kappa shape index (κ2) is 6.08. The molecule has 0 radical (unpaired) electrons. The number of sulfonamides is 1. The van der Waals surface area contributed by atoms with E-state index in [9.17, 15) is 21.6 Å². The number of nitrogens with one attached hydrogen (secondary N) is 1. The normalized spacial score (nSPS) is 11.8. The summed E-state index contributed by atoms with van der Waals surface area (Å²) in [6.45, 7) is 1.56. The van der Waals surface area contributed by atoms with Crippen molar-refractivity contribution in [3.05, 3.63) is 29.8 Å². The van der Waals surface area contributed by atoms with E-state index in [2.05, 4.69) is 16.6 Å². The highest BCUT2D eigenvalue weighted by molar-refractivity contribution is 7.89. The van der Waals surface area contributed by atoms with E-state index in [1.54, 1.807) is 6.92 Å². The largest absolute Gasteiger partial charge is 0.417 e. The number of rotatable bonds is 4. The van der Waals surface area contributed by atoms with E-state index in [0.29, 0.717) is 0 Å². The van der Waals surface area contributed by atoms with Crippen LogP contribution in [0.15, 0.2) is 29.2 Å². The monoisotopic (exact) mass is 291 g/mol. The summed E-state index contributed by atoms with van der Waals surface area (Å²) in [7, 11) is -4.19. The molecule has 1 rings (SSSR count). The van der Waals surface area contributed by atoms with Gasteiger partial charge in [-0.2, -0.15) is 13.2 Å². The molecule has 0 aliphatic carbocycles. The number of hydrogen-bond acceptors (Lipinski definition) is 2. The first-order chi connectivity index (χ1) is 8.79. The topological polar surface area (TPSA) is 46.2 Å². The van der Waals surface area contributed by atoms with Crippen molar-refractivity contribution in [3.63, 3.8) is 0 Å². The van der Waals surface area contributed by atoms with Crippen LogP contribution in [-0.4, -0.2) is 15.0 Å². The van der Waals surface area contributed by atoms with Crippen LogP contribution in [0.5, 0.6) is 0 Å². The lowest BCUT2D eigenvalue weighted by atomic mass is 10.2. The highest BCUT2D eigenvalue weighted by Crippen LogP contribution is 2.33. The lowest BCUT2D eigenvalue weighted by Crippen LogP contribution is -2.27. The molecule has 0 aliphatic heterocycles. The van der Waals surface area contributed by atoms with E-state index in [0.717, 1.165) is 18.2 Å². The summed E-state index contributed by atoms with van der Waals surface area (Å²) >= 11 is 0. The predicted molar refractivity (Wildman–Crippen MR) is 64.7 cm³/mol. The van der Waals surface area contributed by atoms with E-state index < -0.39 is 26.7 Å². The third-order valence-electron chi connectivity index (χ3n) is 2.20. The highest BCUT2D eigenvalue weighted by atomic mass is 32.2. The maximum atomic E-state index is 12.7. The Morgan fingerprint density at radius 3 is 2.47 bits per heavy atom. The van der Waals surface area contributed by atoms with Crippen LogP contribution >= 0.6 is 0 Å². The lowest BCUT2D eigenvalue weighted by Gasteiger charge is -2.13. The molecule has 1 N–H and O–H groups in total. The molecule has 3 nitrogen and oxygen atoms in total. The molecule has 0 aromatic heterocycles. The van der Waals surface area contributed by atoms with Crippen LogP contribution in [0.4, 0.5) is 13.2 Å². The second-order valence-electron chi connectivity index (χ2n) is 3.57. The minimum atomic E-state index is -4.71. The van der Waals surface area contributed by atoms with Gasteiger partial charge in [0.25, 0.3) is 0 Å². The second-order valence-corrected chi connectivity index (χ2v) is 5.30. The molecule has 0 spiro atoms. The van der Waals surface area contributed by atoms with Gasteiger partial charge in [0, 0.05) is 13.0 Å². The molecule has 19 heavy (non-hydrogen) atoms. The van der Waals surface area contributed by atoms with Gasteiger partial charge >= 0.3 is 6.18 Å². The van der Waals surface area contributed by atoms with Crippen LogP contribution in [0.25, 0.3) is 0 Å². The summed E-state index contributed by atoms with van der Waals surface area (Å²) in [6.07, 6.45) is -4.47. The van der Waals surface area contributed by atoms with Crippen molar-refractivity contribution in [2.75, 3.05) is 6.54 Å². The molecule has 0 fully saturated rings. The van der Waals surface area contributed by atoms with Gasteiger partial charge < -0.3 is 0 Å². The molecule has 1 aromatic rings. The number of alkyl halides is 3. The molecule has 0 amide bonds. The molecule has 0 unspecified atom stereocenters. The van der Waals surface area contributed by atoms with E-state index in [4.69, 9.17) is 0 Å². The Labute approximate surface area is 109 Å². The van der Waals surface area contributed by atoms with Crippen LogP contribution in [0, 0.1) is 11.8 Å². The van der Waals surface area contributed by atoms with E-state index in [-0.39, 0.29) is 13.0 Å². The van der Waals surface area contributed by atoms with Gasteiger partial charge in [-0.3, -0.25) is 0 Å². The average Bonchev–Trinajstić information content (AvgIpc) is 2.34. The van der Waals surface area contributed by atoms with Gasteiger partial charge in [-0.05, 0) is 19.1 Å². The molecule has 0 aliphatic rings. The van der Waals surface area contributed by atoms with Crippen LogP contribution < -0.4 is 4.72 Å². The molecule has 0 saturated carbocycles. The molecule has 1 aromatic carbocycles. The van der Waals surface area contributed by atoms with Crippen LogP contribution in [0.1, 0.15) is 18.9 Å². The van der Waals surface area contributed by atoms with Gasteiger partial charge in [0.1, 0.15) is 0 Å². The zero-order chi connectivity index (χ0) is 14.5.